The maximum atomic E-state index is 12.5. The van der Waals surface area contributed by atoms with Crippen LogP contribution in [0, 0.1) is 0 Å². The van der Waals surface area contributed by atoms with E-state index < -0.39 is 0 Å². The second-order valence-electron chi connectivity index (χ2n) is 5.55. The monoisotopic (exact) mass is 332 g/mol. The van der Waals surface area contributed by atoms with E-state index in [0.29, 0.717) is 13.2 Å². The van der Waals surface area contributed by atoms with Crippen LogP contribution in [0.2, 0.25) is 0 Å². The van der Waals surface area contributed by atoms with Gasteiger partial charge in [0.2, 0.25) is 0 Å². The molecule has 3 rings (SSSR count). The molecule has 0 amide bonds. The van der Waals surface area contributed by atoms with Crippen LogP contribution in [0.1, 0.15) is 18.1 Å². The van der Waals surface area contributed by atoms with Crippen molar-refractivity contribution in [1.29, 1.82) is 0 Å². The van der Waals surface area contributed by atoms with Crippen LogP contribution in [-0.2, 0) is 11.3 Å². The van der Waals surface area contributed by atoms with E-state index in [2.05, 4.69) is 5.10 Å². The Morgan fingerprint density at radius 3 is 2.40 bits per heavy atom. The molecule has 0 saturated heterocycles. The number of hydrogen-bond acceptors (Lipinski definition) is 3. The van der Waals surface area contributed by atoms with Crippen molar-refractivity contribution < 1.29 is 4.74 Å². The van der Waals surface area contributed by atoms with Crippen LogP contribution in [0.3, 0.4) is 0 Å². The van der Waals surface area contributed by atoms with Gasteiger partial charge in [-0.25, -0.2) is 4.68 Å². The predicted molar refractivity (Wildman–Crippen MR) is 100 cm³/mol. The Morgan fingerprint density at radius 1 is 1.04 bits per heavy atom. The van der Waals surface area contributed by atoms with Gasteiger partial charge in [0.15, 0.2) is 0 Å². The van der Waals surface area contributed by atoms with E-state index in [1.165, 1.54) is 4.68 Å². The summed E-state index contributed by atoms with van der Waals surface area (Å²) in [4.78, 5) is 12.5. The van der Waals surface area contributed by atoms with Crippen LogP contribution >= 0.6 is 0 Å². The van der Waals surface area contributed by atoms with Crippen LogP contribution in [0.25, 0.3) is 17.3 Å². The molecule has 1 aromatic heterocycles. The summed E-state index contributed by atoms with van der Waals surface area (Å²) in [6, 6.07) is 21.3. The summed E-state index contributed by atoms with van der Waals surface area (Å²) in [6.07, 6.45) is 3.39. The van der Waals surface area contributed by atoms with Gasteiger partial charge in [-0.05, 0) is 18.6 Å². The molecule has 1 heterocycles. The van der Waals surface area contributed by atoms with Gasteiger partial charge >= 0.3 is 0 Å². The number of nitrogens with zero attached hydrogens (tertiary/aromatic N) is 2. The molecular formula is C21H20N2O2. The van der Waals surface area contributed by atoms with Gasteiger partial charge in [-0.2, -0.15) is 5.10 Å². The van der Waals surface area contributed by atoms with Crippen molar-refractivity contribution in [3.8, 4) is 11.3 Å². The van der Waals surface area contributed by atoms with Crippen molar-refractivity contribution in [2.24, 2.45) is 0 Å². The zero-order chi connectivity index (χ0) is 17.5. The Hall–Kier alpha value is -3.14. The fourth-order valence-corrected chi connectivity index (χ4v) is 2.54. The molecule has 0 atom stereocenters. The molecule has 4 heteroatoms. The lowest BCUT2D eigenvalue weighted by molar-refractivity contribution is 0.272. The molecule has 0 fully saturated rings. The summed E-state index contributed by atoms with van der Waals surface area (Å²) in [5, 5.41) is 4.61. The average molecular weight is 332 g/mol. The highest BCUT2D eigenvalue weighted by Crippen LogP contribution is 2.21. The number of rotatable bonds is 6. The molecule has 0 bridgehead atoms. The van der Waals surface area contributed by atoms with Crippen LogP contribution in [0.5, 0.6) is 0 Å². The summed E-state index contributed by atoms with van der Waals surface area (Å²) >= 11 is 0. The highest BCUT2D eigenvalue weighted by molar-refractivity contribution is 5.70. The van der Waals surface area contributed by atoms with E-state index in [1.807, 2.05) is 67.6 Å². The summed E-state index contributed by atoms with van der Waals surface area (Å²) in [7, 11) is 0. The molecule has 0 unspecified atom stereocenters. The highest BCUT2D eigenvalue weighted by Gasteiger charge is 2.10. The van der Waals surface area contributed by atoms with Crippen molar-refractivity contribution in [1.82, 2.24) is 9.78 Å². The van der Waals surface area contributed by atoms with Crippen LogP contribution in [0.15, 0.2) is 77.8 Å². The first-order valence-electron chi connectivity index (χ1n) is 8.27. The Morgan fingerprint density at radius 2 is 1.72 bits per heavy atom. The molecule has 4 nitrogen and oxygen atoms in total. The SMILES string of the molecule is CCOC=Cc1cc(=O)n(Cc2ccccc2)nc1-c1ccccc1. The van der Waals surface area contributed by atoms with Gasteiger partial charge in [0.05, 0.1) is 25.1 Å². The molecule has 2 aromatic carbocycles. The molecule has 0 saturated carbocycles. The standard InChI is InChI=1S/C21H20N2O2/c1-2-25-14-13-19-15-20(24)23(16-17-9-5-3-6-10-17)22-21(19)18-11-7-4-8-12-18/h3-15H,2,16H2,1H3. The second-order valence-corrected chi connectivity index (χ2v) is 5.55. The summed E-state index contributed by atoms with van der Waals surface area (Å²) in [6.45, 7) is 2.93. The predicted octanol–water partition coefficient (Wildman–Crippen LogP) is 3.97. The molecule has 126 valence electrons. The summed E-state index contributed by atoms with van der Waals surface area (Å²) in [5.74, 6) is 0. The number of ether oxygens (including phenoxy) is 1. The molecule has 0 radical (unpaired) electrons. The normalized spacial score (nSPS) is 10.9. The van der Waals surface area contributed by atoms with Gasteiger partial charge in [-0.3, -0.25) is 4.79 Å². The Bertz CT molecular complexity index is 900. The van der Waals surface area contributed by atoms with E-state index in [0.717, 1.165) is 22.4 Å². The number of hydrogen-bond donors (Lipinski definition) is 0. The third-order valence-corrected chi connectivity index (χ3v) is 3.76. The van der Waals surface area contributed by atoms with E-state index in [9.17, 15) is 4.79 Å². The number of benzene rings is 2. The van der Waals surface area contributed by atoms with Crippen LogP contribution < -0.4 is 5.56 Å². The Labute approximate surface area is 147 Å². The third-order valence-electron chi connectivity index (χ3n) is 3.76. The fraction of sp³-hybridized carbons (Fsp3) is 0.143. The topological polar surface area (TPSA) is 44.1 Å². The first kappa shape index (κ1) is 16.7. The Balaban J connectivity index is 2.05. The lowest BCUT2D eigenvalue weighted by Gasteiger charge is -2.10. The molecule has 25 heavy (non-hydrogen) atoms. The zero-order valence-corrected chi connectivity index (χ0v) is 14.1. The minimum atomic E-state index is -0.139. The van der Waals surface area contributed by atoms with Crippen molar-refractivity contribution in [3.05, 3.63) is 94.5 Å². The molecule has 0 spiro atoms. The minimum Gasteiger partial charge on any atom is -0.501 e. The largest absolute Gasteiger partial charge is 0.501 e. The first-order valence-corrected chi connectivity index (χ1v) is 8.27. The average Bonchev–Trinajstić information content (AvgIpc) is 2.65. The third kappa shape index (κ3) is 4.23. The van der Waals surface area contributed by atoms with Crippen LogP contribution in [0.4, 0.5) is 0 Å². The maximum Gasteiger partial charge on any atom is 0.267 e. The first-order chi connectivity index (χ1) is 12.3. The lowest BCUT2D eigenvalue weighted by Crippen LogP contribution is -2.24. The van der Waals surface area contributed by atoms with Gasteiger partial charge in [-0.15, -0.1) is 0 Å². The van der Waals surface area contributed by atoms with E-state index in [-0.39, 0.29) is 5.56 Å². The van der Waals surface area contributed by atoms with Crippen molar-refractivity contribution >= 4 is 6.08 Å². The van der Waals surface area contributed by atoms with Crippen molar-refractivity contribution in [2.45, 2.75) is 13.5 Å². The van der Waals surface area contributed by atoms with Gasteiger partial charge in [0.25, 0.3) is 5.56 Å². The minimum absolute atomic E-state index is 0.139. The van der Waals surface area contributed by atoms with Gasteiger partial charge in [0, 0.05) is 17.2 Å². The fourth-order valence-electron chi connectivity index (χ4n) is 2.54. The quantitative estimate of drug-likeness (QED) is 0.642. The Kier molecular flexibility index (Phi) is 5.42. The van der Waals surface area contributed by atoms with E-state index >= 15 is 0 Å². The van der Waals surface area contributed by atoms with E-state index in [4.69, 9.17) is 4.74 Å². The number of aromatic nitrogens is 2. The van der Waals surface area contributed by atoms with Gasteiger partial charge < -0.3 is 4.74 Å². The van der Waals surface area contributed by atoms with Gasteiger partial charge in [-0.1, -0.05) is 60.7 Å². The van der Waals surface area contributed by atoms with Gasteiger partial charge in [0.1, 0.15) is 0 Å². The van der Waals surface area contributed by atoms with Crippen LogP contribution in [-0.4, -0.2) is 16.4 Å². The summed E-state index contributed by atoms with van der Waals surface area (Å²) in [5.41, 5.74) is 3.36. The van der Waals surface area contributed by atoms with E-state index in [1.54, 1.807) is 18.4 Å². The summed E-state index contributed by atoms with van der Waals surface area (Å²) < 4.78 is 6.77. The molecule has 0 aliphatic rings. The lowest BCUT2D eigenvalue weighted by atomic mass is 10.1. The molecular weight excluding hydrogens is 312 g/mol. The molecule has 0 N–H and O–H groups in total. The molecule has 0 aliphatic carbocycles. The molecule has 0 aliphatic heterocycles. The smallest absolute Gasteiger partial charge is 0.267 e. The zero-order valence-electron chi connectivity index (χ0n) is 14.1. The second kappa shape index (κ2) is 8.11. The highest BCUT2D eigenvalue weighted by atomic mass is 16.5. The van der Waals surface area contributed by atoms with Crippen molar-refractivity contribution in [2.75, 3.05) is 6.61 Å². The van der Waals surface area contributed by atoms with Crippen molar-refractivity contribution in [3.63, 3.8) is 0 Å². The molecule has 3 aromatic rings. The maximum absolute atomic E-state index is 12.5.